The maximum Gasteiger partial charge on any atom is 0.168 e. The summed E-state index contributed by atoms with van der Waals surface area (Å²) in [6.45, 7) is 1.74. The molecule has 0 N–H and O–H groups in total. The molecule has 2 aromatic rings. The van der Waals surface area contributed by atoms with Crippen molar-refractivity contribution in [3.8, 4) is 11.5 Å². The van der Waals surface area contributed by atoms with Crippen LogP contribution in [-0.2, 0) is 0 Å². The average Bonchev–Trinajstić information content (AvgIpc) is 2.34. The van der Waals surface area contributed by atoms with E-state index in [2.05, 4.69) is 0 Å². The highest BCUT2D eigenvalue weighted by Crippen LogP contribution is 2.27. The van der Waals surface area contributed by atoms with Gasteiger partial charge in [0.1, 0.15) is 17.9 Å². The summed E-state index contributed by atoms with van der Waals surface area (Å²) in [5.41, 5.74) is 1.21. The molecule has 0 saturated heterocycles. The van der Waals surface area contributed by atoms with Crippen molar-refractivity contribution < 1.29 is 18.3 Å². The first-order valence-corrected chi connectivity index (χ1v) is 5.29. The van der Waals surface area contributed by atoms with E-state index in [1.54, 1.807) is 25.1 Å². The standard InChI is InChI=1S/C14H10F2O2/c1-9-6-10(8-17)2-4-13(9)18-14-5-3-11(15)7-12(14)16/h2-8H,1H3. The molecule has 0 fully saturated rings. The molecule has 0 spiro atoms. The lowest BCUT2D eigenvalue weighted by Gasteiger charge is -2.09. The second kappa shape index (κ2) is 4.96. The van der Waals surface area contributed by atoms with Crippen LogP contribution in [0.25, 0.3) is 0 Å². The summed E-state index contributed by atoms with van der Waals surface area (Å²) in [5, 5.41) is 0. The van der Waals surface area contributed by atoms with Crippen LogP contribution in [0.3, 0.4) is 0 Å². The number of carbonyl (C=O) groups excluding carboxylic acids is 1. The van der Waals surface area contributed by atoms with Gasteiger partial charge in [0.15, 0.2) is 11.6 Å². The number of benzene rings is 2. The Morgan fingerprint density at radius 3 is 2.39 bits per heavy atom. The molecule has 2 aromatic carbocycles. The summed E-state index contributed by atoms with van der Waals surface area (Å²) in [4.78, 5) is 10.6. The zero-order chi connectivity index (χ0) is 13.1. The van der Waals surface area contributed by atoms with E-state index in [0.717, 1.165) is 18.4 Å². The van der Waals surface area contributed by atoms with Crippen molar-refractivity contribution >= 4 is 6.29 Å². The van der Waals surface area contributed by atoms with Crippen molar-refractivity contribution in [1.82, 2.24) is 0 Å². The van der Waals surface area contributed by atoms with Gasteiger partial charge in [0.05, 0.1) is 0 Å². The maximum atomic E-state index is 13.4. The van der Waals surface area contributed by atoms with Gasteiger partial charge in [0.25, 0.3) is 0 Å². The molecule has 2 nitrogen and oxygen atoms in total. The molecule has 18 heavy (non-hydrogen) atoms. The van der Waals surface area contributed by atoms with Gasteiger partial charge < -0.3 is 4.74 Å². The Kier molecular flexibility index (Phi) is 3.37. The summed E-state index contributed by atoms with van der Waals surface area (Å²) in [6.07, 6.45) is 0.718. The summed E-state index contributed by atoms with van der Waals surface area (Å²) in [7, 11) is 0. The number of carbonyl (C=O) groups is 1. The SMILES string of the molecule is Cc1cc(C=O)ccc1Oc1ccc(F)cc1F. The molecular formula is C14H10F2O2. The molecule has 0 aliphatic carbocycles. The Morgan fingerprint density at radius 1 is 1.06 bits per heavy atom. The van der Waals surface area contributed by atoms with Crippen LogP contribution in [0, 0.1) is 18.6 Å². The molecule has 0 atom stereocenters. The third kappa shape index (κ3) is 2.53. The Balaban J connectivity index is 2.31. The van der Waals surface area contributed by atoms with E-state index in [-0.39, 0.29) is 5.75 Å². The van der Waals surface area contributed by atoms with Gasteiger partial charge in [-0.2, -0.15) is 0 Å². The van der Waals surface area contributed by atoms with E-state index < -0.39 is 11.6 Å². The van der Waals surface area contributed by atoms with Crippen molar-refractivity contribution in [2.24, 2.45) is 0 Å². The van der Waals surface area contributed by atoms with Crippen molar-refractivity contribution in [2.75, 3.05) is 0 Å². The van der Waals surface area contributed by atoms with E-state index in [0.29, 0.717) is 16.9 Å². The molecule has 0 saturated carbocycles. The molecule has 0 aliphatic heterocycles. The minimum atomic E-state index is -0.770. The Morgan fingerprint density at radius 2 is 1.78 bits per heavy atom. The number of aldehydes is 1. The molecule has 0 aliphatic rings. The number of aryl methyl sites for hydroxylation is 1. The molecule has 4 heteroatoms. The fourth-order valence-corrected chi connectivity index (χ4v) is 1.54. The Bertz CT molecular complexity index is 594. The van der Waals surface area contributed by atoms with Gasteiger partial charge in [0, 0.05) is 11.6 Å². The lowest BCUT2D eigenvalue weighted by molar-refractivity contribution is 0.112. The lowest BCUT2D eigenvalue weighted by atomic mass is 10.1. The van der Waals surface area contributed by atoms with Gasteiger partial charge >= 0.3 is 0 Å². The van der Waals surface area contributed by atoms with E-state index >= 15 is 0 Å². The van der Waals surface area contributed by atoms with Gasteiger partial charge in [0.2, 0.25) is 0 Å². The highest BCUT2D eigenvalue weighted by molar-refractivity contribution is 5.75. The largest absolute Gasteiger partial charge is 0.454 e. The second-order valence-electron chi connectivity index (χ2n) is 3.82. The second-order valence-corrected chi connectivity index (χ2v) is 3.82. The van der Waals surface area contributed by atoms with Crippen LogP contribution < -0.4 is 4.74 Å². The first-order chi connectivity index (χ1) is 8.60. The number of ether oxygens (including phenoxy) is 1. The van der Waals surface area contributed by atoms with Gasteiger partial charge in [-0.05, 0) is 42.8 Å². The van der Waals surface area contributed by atoms with E-state index in [1.807, 2.05) is 0 Å². The number of hydrogen-bond donors (Lipinski definition) is 0. The minimum Gasteiger partial charge on any atom is -0.454 e. The van der Waals surface area contributed by atoms with Crippen LogP contribution in [0.2, 0.25) is 0 Å². The molecule has 0 radical (unpaired) electrons. The van der Waals surface area contributed by atoms with E-state index in [4.69, 9.17) is 4.74 Å². The van der Waals surface area contributed by atoms with Crippen LogP contribution in [0.4, 0.5) is 8.78 Å². The van der Waals surface area contributed by atoms with Crippen molar-refractivity contribution in [3.05, 3.63) is 59.2 Å². The summed E-state index contributed by atoms with van der Waals surface area (Å²) < 4.78 is 31.5. The first kappa shape index (κ1) is 12.2. The fraction of sp³-hybridized carbons (Fsp3) is 0.0714. The number of rotatable bonds is 3. The van der Waals surface area contributed by atoms with Crippen molar-refractivity contribution in [1.29, 1.82) is 0 Å². The minimum absolute atomic E-state index is 0.0571. The quantitative estimate of drug-likeness (QED) is 0.770. The molecular weight excluding hydrogens is 238 g/mol. The highest BCUT2D eigenvalue weighted by Gasteiger charge is 2.08. The first-order valence-electron chi connectivity index (χ1n) is 5.29. The third-order valence-corrected chi connectivity index (χ3v) is 2.45. The van der Waals surface area contributed by atoms with E-state index in [9.17, 15) is 13.6 Å². The molecule has 0 heterocycles. The van der Waals surface area contributed by atoms with Gasteiger partial charge in [-0.1, -0.05) is 0 Å². The predicted molar refractivity (Wildman–Crippen MR) is 63.0 cm³/mol. The van der Waals surface area contributed by atoms with Gasteiger partial charge in [-0.25, -0.2) is 8.78 Å². The fourth-order valence-electron chi connectivity index (χ4n) is 1.54. The van der Waals surface area contributed by atoms with E-state index in [1.165, 1.54) is 6.07 Å². The molecule has 2 rings (SSSR count). The average molecular weight is 248 g/mol. The summed E-state index contributed by atoms with van der Waals surface area (Å²) in [5.74, 6) is -1.06. The molecule has 0 amide bonds. The zero-order valence-electron chi connectivity index (χ0n) is 9.61. The van der Waals surface area contributed by atoms with Gasteiger partial charge in [-0.15, -0.1) is 0 Å². The zero-order valence-corrected chi connectivity index (χ0v) is 9.61. The van der Waals surface area contributed by atoms with Gasteiger partial charge in [-0.3, -0.25) is 4.79 Å². The summed E-state index contributed by atoms with van der Waals surface area (Å²) >= 11 is 0. The highest BCUT2D eigenvalue weighted by atomic mass is 19.1. The van der Waals surface area contributed by atoms with Crippen LogP contribution in [0.1, 0.15) is 15.9 Å². The van der Waals surface area contributed by atoms with Crippen molar-refractivity contribution in [2.45, 2.75) is 6.92 Å². The van der Waals surface area contributed by atoms with Crippen LogP contribution in [-0.4, -0.2) is 6.29 Å². The summed E-state index contributed by atoms with van der Waals surface area (Å²) in [6, 6.07) is 7.86. The van der Waals surface area contributed by atoms with Crippen LogP contribution >= 0.6 is 0 Å². The molecule has 92 valence electrons. The monoisotopic (exact) mass is 248 g/mol. The maximum absolute atomic E-state index is 13.4. The Labute approximate surface area is 103 Å². The molecule has 0 aromatic heterocycles. The van der Waals surface area contributed by atoms with Crippen LogP contribution in [0.15, 0.2) is 36.4 Å². The normalized spacial score (nSPS) is 10.2. The predicted octanol–water partition coefficient (Wildman–Crippen LogP) is 3.88. The Hall–Kier alpha value is -2.23. The lowest BCUT2D eigenvalue weighted by Crippen LogP contribution is -1.92. The van der Waals surface area contributed by atoms with Crippen molar-refractivity contribution in [3.63, 3.8) is 0 Å². The number of hydrogen-bond acceptors (Lipinski definition) is 2. The topological polar surface area (TPSA) is 26.3 Å². The number of halogens is 2. The molecule has 0 bridgehead atoms. The van der Waals surface area contributed by atoms with Crippen LogP contribution in [0.5, 0.6) is 11.5 Å². The third-order valence-electron chi connectivity index (χ3n) is 2.45. The smallest absolute Gasteiger partial charge is 0.168 e. The molecule has 0 unspecified atom stereocenters.